The number of hydrogen-bond acceptors (Lipinski definition) is 8. The summed E-state index contributed by atoms with van der Waals surface area (Å²) < 4.78 is 80.6. The second kappa shape index (κ2) is 11.9. The molecule has 6 atom stereocenters. The van der Waals surface area contributed by atoms with Gasteiger partial charge in [-0.15, -0.1) is 5.10 Å². The number of ether oxygens (including phenoxy) is 2. The molecule has 2 heterocycles. The van der Waals surface area contributed by atoms with Crippen LogP contribution >= 0.6 is 0 Å². The molecule has 14 heteroatoms. The lowest BCUT2D eigenvalue weighted by atomic mass is 9.81. The van der Waals surface area contributed by atoms with E-state index < -0.39 is 83.5 Å². The van der Waals surface area contributed by atoms with Crippen LogP contribution in [0.2, 0.25) is 0 Å². The summed E-state index contributed by atoms with van der Waals surface area (Å²) in [6.45, 7) is 3.61. The van der Waals surface area contributed by atoms with E-state index in [0.717, 1.165) is 23.0 Å². The first-order valence-electron chi connectivity index (χ1n) is 12.5. The van der Waals surface area contributed by atoms with Crippen molar-refractivity contribution in [1.82, 2.24) is 15.0 Å². The van der Waals surface area contributed by atoms with E-state index in [0.29, 0.717) is 12.1 Å². The molecule has 0 amide bonds. The van der Waals surface area contributed by atoms with E-state index in [1.807, 2.05) is 0 Å². The lowest BCUT2D eigenvalue weighted by Crippen LogP contribution is -2.61. The number of rotatable bonds is 8. The molecule has 2 unspecified atom stereocenters. The molecule has 2 aromatic carbocycles. The van der Waals surface area contributed by atoms with E-state index >= 15 is 0 Å². The summed E-state index contributed by atoms with van der Waals surface area (Å²) in [4.78, 5) is 13.4. The number of carbonyl (C=O) groups excluding carboxylic acids is 1. The molecule has 1 saturated heterocycles. The van der Waals surface area contributed by atoms with Crippen molar-refractivity contribution in [2.75, 3.05) is 6.61 Å². The van der Waals surface area contributed by atoms with Gasteiger partial charge in [0.05, 0.1) is 19.4 Å². The zero-order valence-electron chi connectivity index (χ0n) is 22.1. The van der Waals surface area contributed by atoms with Crippen molar-refractivity contribution in [3.05, 3.63) is 71.2 Å². The summed E-state index contributed by atoms with van der Waals surface area (Å²) in [7, 11) is 0. The maximum absolute atomic E-state index is 13.8. The second-order valence-corrected chi connectivity index (χ2v) is 10.7. The van der Waals surface area contributed by atoms with Gasteiger partial charge in [0, 0.05) is 11.0 Å². The number of ketones is 1. The highest BCUT2D eigenvalue weighted by molar-refractivity contribution is 5.88. The molecule has 4 rings (SSSR count). The standard InChI is InChI=1S/C27H28F5N3O6/c1-27(2,3)26(39)25(40-11-12-4-5-14(28)15(29)6-12)24-23(38)21(22(37)19(10-36)41-24)35-9-18(33-34-35)13-7-16(30)20(32)17(31)8-13/h4-9,19,21-25,36-38H,10-11H2,1-3H3/t19?,21-,22-,23?,24+,25-/m0/s1. The molecule has 1 aliphatic rings. The molecule has 1 aromatic heterocycles. The smallest absolute Gasteiger partial charge is 0.194 e. The van der Waals surface area contributed by atoms with Gasteiger partial charge in [-0.05, 0) is 29.8 Å². The van der Waals surface area contributed by atoms with E-state index in [-0.39, 0.29) is 23.4 Å². The van der Waals surface area contributed by atoms with Gasteiger partial charge >= 0.3 is 0 Å². The molecule has 9 nitrogen and oxygen atoms in total. The van der Waals surface area contributed by atoms with Crippen LogP contribution in [0.25, 0.3) is 11.3 Å². The Morgan fingerprint density at radius 2 is 1.68 bits per heavy atom. The number of Topliss-reactive ketones (excluding diaryl/α,β-unsaturated/α-hetero) is 1. The minimum absolute atomic E-state index is 0.136. The van der Waals surface area contributed by atoms with E-state index in [9.17, 15) is 42.1 Å². The predicted molar refractivity (Wildman–Crippen MR) is 132 cm³/mol. The van der Waals surface area contributed by atoms with Crippen LogP contribution in [0, 0.1) is 34.5 Å². The molecule has 41 heavy (non-hydrogen) atoms. The molecule has 0 aliphatic carbocycles. The number of carbonyl (C=O) groups is 1. The fourth-order valence-corrected chi connectivity index (χ4v) is 4.51. The highest BCUT2D eigenvalue weighted by atomic mass is 19.2. The van der Waals surface area contributed by atoms with Gasteiger partial charge in [-0.1, -0.05) is 32.1 Å². The second-order valence-electron chi connectivity index (χ2n) is 10.7. The Morgan fingerprint density at radius 3 is 2.27 bits per heavy atom. The average molecular weight is 586 g/mol. The highest BCUT2D eigenvalue weighted by Gasteiger charge is 2.51. The van der Waals surface area contributed by atoms with E-state index in [1.165, 1.54) is 6.07 Å². The summed E-state index contributed by atoms with van der Waals surface area (Å²) in [5.41, 5.74) is -1.19. The lowest BCUT2D eigenvalue weighted by molar-refractivity contribution is -0.236. The number of aliphatic hydroxyl groups excluding tert-OH is 3. The quantitative estimate of drug-likeness (QED) is 0.272. The first kappa shape index (κ1) is 30.7. The Morgan fingerprint density at radius 1 is 1.02 bits per heavy atom. The molecule has 1 fully saturated rings. The summed E-state index contributed by atoms with van der Waals surface area (Å²) in [6, 6.07) is 2.98. The minimum Gasteiger partial charge on any atom is -0.394 e. The van der Waals surface area contributed by atoms with Gasteiger partial charge in [-0.3, -0.25) is 4.79 Å². The van der Waals surface area contributed by atoms with Gasteiger partial charge in [0.1, 0.15) is 42.3 Å². The molecular weight excluding hydrogens is 557 g/mol. The maximum Gasteiger partial charge on any atom is 0.194 e. The van der Waals surface area contributed by atoms with Crippen LogP contribution in [0.5, 0.6) is 0 Å². The number of hydrogen-bond donors (Lipinski definition) is 3. The van der Waals surface area contributed by atoms with Gasteiger partial charge in [0.2, 0.25) is 0 Å². The van der Waals surface area contributed by atoms with Crippen molar-refractivity contribution in [1.29, 1.82) is 0 Å². The number of benzene rings is 2. The lowest BCUT2D eigenvalue weighted by Gasteiger charge is -2.45. The van der Waals surface area contributed by atoms with Crippen LogP contribution in [0.1, 0.15) is 32.4 Å². The summed E-state index contributed by atoms with van der Waals surface area (Å²) in [5, 5.41) is 39.8. The van der Waals surface area contributed by atoms with Crippen LogP contribution in [-0.2, 0) is 20.9 Å². The Labute approximate surface area is 231 Å². The predicted octanol–water partition coefficient (Wildman–Crippen LogP) is 2.86. The van der Waals surface area contributed by atoms with Gasteiger partial charge in [-0.25, -0.2) is 26.6 Å². The monoisotopic (exact) mass is 585 g/mol. The van der Waals surface area contributed by atoms with Crippen LogP contribution in [0.15, 0.2) is 36.5 Å². The maximum atomic E-state index is 13.8. The van der Waals surface area contributed by atoms with Crippen molar-refractivity contribution in [2.24, 2.45) is 5.41 Å². The highest BCUT2D eigenvalue weighted by Crippen LogP contribution is 2.35. The molecule has 0 spiro atoms. The largest absolute Gasteiger partial charge is 0.394 e. The third-order valence-electron chi connectivity index (χ3n) is 6.73. The zero-order valence-corrected chi connectivity index (χ0v) is 22.1. The summed E-state index contributed by atoms with van der Waals surface area (Å²) in [5.74, 6) is -7.38. The summed E-state index contributed by atoms with van der Waals surface area (Å²) >= 11 is 0. The van der Waals surface area contributed by atoms with Crippen molar-refractivity contribution in [2.45, 2.75) is 63.9 Å². The van der Waals surface area contributed by atoms with Crippen molar-refractivity contribution in [3.8, 4) is 11.3 Å². The van der Waals surface area contributed by atoms with Gasteiger partial charge in [0.25, 0.3) is 0 Å². The third-order valence-corrected chi connectivity index (χ3v) is 6.73. The Hall–Kier alpha value is -3.30. The SMILES string of the molecule is CC(C)(C)C(=O)[C@@H](OCc1ccc(F)c(F)c1)[C@@H]1OC(CO)[C@H](O)[C@H](n2cc(-c3cc(F)c(F)c(F)c3)nn2)C1O. The van der Waals surface area contributed by atoms with Crippen molar-refractivity contribution >= 4 is 5.78 Å². The van der Waals surface area contributed by atoms with Crippen LogP contribution in [0.3, 0.4) is 0 Å². The molecular formula is C27H28F5N3O6. The van der Waals surface area contributed by atoms with Crippen molar-refractivity contribution < 1.29 is 51.5 Å². The molecule has 0 saturated carbocycles. The fraction of sp³-hybridized carbons (Fsp3) is 0.444. The zero-order chi connectivity index (χ0) is 30.2. The molecule has 0 radical (unpaired) electrons. The van der Waals surface area contributed by atoms with E-state index in [2.05, 4.69) is 10.3 Å². The normalized spacial score (nSPS) is 23.9. The van der Waals surface area contributed by atoms with Gasteiger partial charge in [0.15, 0.2) is 34.9 Å². The molecule has 3 N–H and O–H groups in total. The number of halogens is 5. The Balaban J connectivity index is 1.68. The molecule has 3 aromatic rings. The van der Waals surface area contributed by atoms with Gasteiger partial charge < -0.3 is 24.8 Å². The Bertz CT molecular complexity index is 1390. The molecule has 1 aliphatic heterocycles. The first-order chi connectivity index (χ1) is 19.2. The molecule has 222 valence electrons. The van der Waals surface area contributed by atoms with Crippen LogP contribution in [0.4, 0.5) is 22.0 Å². The van der Waals surface area contributed by atoms with Crippen molar-refractivity contribution in [3.63, 3.8) is 0 Å². The van der Waals surface area contributed by atoms with Gasteiger partial charge in [-0.2, -0.15) is 0 Å². The fourth-order valence-electron chi connectivity index (χ4n) is 4.51. The minimum atomic E-state index is -1.73. The number of aromatic nitrogens is 3. The van der Waals surface area contributed by atoms with E-state index in [1.54, 1.807) is 20.8 Å². The molecule has 0 bridgehead atoms. The van der Waals surface area contributed by atoms with E-state index in [4.69, 9.17) is 9.47 Å². The average Bonchev–Trinajstić information content (AvgIpc) is 3.39. The topological polar surface area (TPSA) is 127 Å². The third kappa shape index (κ3) is 6.31. The van der Waals surface area contributed by atoms with Crippen LogP contribution < -0.4 is 0 Å². The number of nitrogens with zero attached hydrogens (tertiary/aromatic N) is 3. The first-order valence-corrected chi connectivity index (χ1v) is 12.5. The van der Waals surface area contributed by atoms with Crippen LogP contribution in [-0.4, -0.2) is 73.2 Å². The summed E-state index contributed by atoms with van der Waals surface area (Å²) in [6.07, 6.45) is -6.60. The Kier molecular flexibility index (Phi) is 8.90. The number of aliphatic hydroxyl groups is 3.